The van der Waals surface area contributed by atoms with E-state index in [1.165, 1.54) is 26.0 Å². The summed E-state index contributed by atoms with van der Waals surface area (Å²) < 4.78 is 38.4. The van der Waals surface area contributed by atoms with E-state index in [1.54, 1.807) is 0 Å². The predicted molar refractivity (Wildman–Crippen MR) is 85.5 cm³/mol. The minimum absolute atomic E-state index is 0.153. The van der Waals surface area contributed by atoms with Crippen LogP contribution in [0.1, 0.15) is 29.9 Å². The second-order valence-electron chi connectivity index (χ2n) is 6.05. The average Bonchev–Trinajstić information content (AvgIpc) is 2.53. The molecule has 0 fully saturated rings. The van der Waals surface area contributed by atoms with Crippen LogP contribution < -0.4 is 5.32 Å². The van der Waals surface area contributed by atoms with E-state index in [-0.39, 0.29) is 11.1 Å². The molecule has 0 saturated carbocycles. The Kier molecular flexibility index (Phi) is 4.93. The van der Waals surface area contributed by atoms with Crippen molar-refractivity contribution in [2.45, 2.75) is 25.6 Å². The summed E-state index contributed by atoms with van der Waals surface area (Å²) in [4.78, 5) is 26.9. The van der Waals surface area contributed by atoms with Gasteiger partial charge < -0.3 is 15.5 Å². The van der Waals surface area contributed by atoms with Gasteiger partial charge in [-0.05, 0) is 37.6 Å². The summed E-state index contributed by atoms with van der Waals surface area (Å²) in [6.07, 6.45) is -3.40. The molecule has 2 rings (SSSR count). The average molecular weight is 368 g/mol. The highest BCUT2D eigenvalue weighted by atomic mass is 19.4. The van der Waals surface area contributed by atoms with Crippen LogP contribution >= 0.6 is 0 Å². The van der Waals surface area contributed by atoms with Crippen LogP contribution in [0, 0.1) is 0 Å². The number of carboxylic acids is 1. The normalized spacial score (nSPS) is 11.9. The highest BCUT2D eigenvalue weighted by Crippen LogP contribution is 2.33. The van der Waals surface area contributed by atoms with Crippen LogP contribution in [0.25, 0.3) is 11.1 Å². The number of amides is 1. The molecule has 0 unspecified atom stereocenters. The number of alkyl halides is 3. The van der Waals surface area contributed by atoms with Crippen molar-refractivity contribution < 1.29 is 33.0 Å². The second-order valence-corrected chi connectivity index (χ2v) is 6.05. The number of carbonyl (C=O) groups excluding carboxylic acids is 1. The third kappa shape index (κ3) is 4.11. The molecule has 0 aliphatic rings. The van der Waals surface area contributed by atoms with Gasteiger partial charge in [-0.25, -0.2) is 9.78 Å². The summed E-state index contributed by atoms with van der Waals surface area (Å²) in [6, 6.07) is 5.51. The zero-order chi connectivity index (χ0) is 19.7. The van der Waals surface area contributed by atoms with Crippen molar-refractivity contribution in [3.8, 4) is 16.9 Å². The summed E-state index contributed by atoms with van der Waals surface area (Å²) >= 11 is 0. The lowest BCUT2D eigenvalue weighted by Crippen LogP contribution is -2.49. The molecule has 0 aliphatic heterocycles. The number of aromatic hydroxyl groups is 1. The zero-order valence-electron chi connectivity index (χ0n) is 13.8. The third-order valence-corrected chi connectivity index (χ3v) is 3.57. The number of carbonyl (C=O) groups is 2. The maximum absolute atomic E-state index is 12.8. The van der Waals surface area contributed by atoms with E-state index in [9.17, 15) is 27.9 Å². The van der Waals surface area contributed by atoms with Crippen molar-refractivity contribution in [3.63, 3.8) is 0 Å². The molecule has 0 radical (unpaired) electrons. The van der Waals surface area contributed by atoms with Gasteiger partial charge in [0.2, 0.25) is 0 Å². The van der Waals surface area contributed by atoms with Crippen molar-refractivity contribution in [1.82, 2.24) is 10.3 Å². The maximum Gasteiger partial charge on any atom is 0.416 e. The van der Waals surface area contributed by atoms with Crippen LogP contribution in [0.4, 0.5) is 13.2 Å². The molecule has 9 heteroatoms. The smallest absolute Gasteiger partial charge is 0.416 e. The summed E-state index contributed by atoms with van der Waals surface area (Å²) in [5.41, 5.74) is -2.57. The number of rotatable bonds is 4. The van der Waals surface area contributed by atoms with Gasteiger partial charge in [-0.2, -0.15) is 13.2 Å². The van der Waals surface area contributed by atoms with Crippen molar-refractivity contribution in [2.24, 2.45) is 0 Å². The number of benzene rings is 1. The highest BCUT2D eigenvalue weighted by molar-refractivity contribution is 5.98. The molecule has 0 saturated heterocycles. The molecule has 0 aliphatic carbocycles. The van der Waals surface area contributed by atoms with E-state index in [1.807, 2.05) is 0 Å². The molecule has 6 nitrogen and oxygen atoms in total. The molecule has 0 bridgehead atoms. The van der Waals surface area contributed by atoms with Gasteiger partial charge in [0, 0.05) is 11.8 Å². The van der Waals surface area contributed by atoms with E-state index in [0.29, 0.717) is 0 Å². The summed E-state index contributed by atoms with van der Waals surface area (Å²) in [6.45, 7) is 2.50. The van der Waals surface area contributed by atoms with E-state index < -0.39 is 40.6 Å². The van der Waals surface area contributed by atoms with Crippen LogP contribution in [0.5, 0.6) is 5.75 Å². The van der Waals surface area contributed by atoms with Gasteiger partial charge in [-0.1, -0.05) is 12.1 Å². The number of halogens is 3. The van der Waals surface area contributed by atoms with Crippen molar-refractivity contribution >= 4 is 11.9 Å². The van der Waals surface area contributed by atoms with Gasteiger partial charge in [-0.15, -0.1) is 0 Å². The van der Waals surface area contributed by atoms with E-state index in [4.69, 9.17) is 5.11 Å². The molecule has 1 aromatic heterocycles. The minimum Gasteiger partial charge on any atom is -0.505 e. The van der Waals surface area contributed by atoms with Gasteiger partial charge in [0.05, 0.1) is 5.56 Å². The predicted octanol–water partition coefficient (Wildman–Crippen LogP) is 3.07. The first-order valence-electron chi connectivity index (χ1n) is 7.34. The van der Waals surface area contributed by atoms with Crippen LogP contribution in [-0.2, 0) is 11.0 Å². The first-order valence-corrected chi connectivity index (χ1v) is 7.34. The van der Waals surface area contributed by atoms with E-state index in [0.717, 1.165) is 24.4 Å². The number of hydrogen-bond acceptors (Lipinski definition) is 4. The Labute approximate surface area is 146 Å². The molecule has 138 valence electrons. The lowest BCUT2D eigenvalue weighted by atomic mass is 10.0. The fourth-order valence-electron chi connectivity index (χ4n) is 2.06. The maximum atomic E-state index is 12.8. The number of nitrogens with zero attached hydrogens (tertiary/aromatic N) is 1. The Hall–Kier alpha value is -3.10. The van der Waals surface area contributed by atoms with Gasteiger partial charge in [-0.3, -0.25) is 4.79 Å². The number of aromatic nitrogens is 1. The lowest BCUT2D eigenvalue weighted by Gasteiger charge is -2.20. The Morgan fingerprint density at radius 3 is 2.31 bits per heavy atom. The number of aliphatic carboxylic acids is 1. The Bertz CT molecular complexity index is 863. The van der Waals surface area contributed by atoms with Crippen LogP contribution in [-0.4, -0.2) is 32.6 Å². The first-order chi connectivity index (χ1) is 11.9. The lowest BCUT2D eigenvalue weighted by molar-refractivity contribution is -0.143. The van der Waals surface area contributed by atoms with Crippen molar-refractivity contribution in [1.29, 1.82) is 0 Å². The highest BCUT2D eigenvalue weighted by Gasteiger charge is 2.32. The number of carboxylic acid groups (broad SMARTS) is 1. The number of pyridine rings is 1. The molecule has 2 aromatic rings. The fourth-order valence-corrected chi connectivity index (χ4v) is 2.06. The van der Waals surface area contributed by atoms with E-state index >= 15 is 0 Å². The zero-order valence-corrected chi connectivity index (χ0v) is 13.8. The third-order valence-electron chi connectivity index (χ3n) is 3.57. The summed E-state index contributed by atoms with van der Waals surface area (Å²) in [5.74, 6) is -2.80. The van der Waals surface area contributed by atoms with Gasteiger partial charge in [0.25, 0.3) is 5.91 Å². The van der Waals surface area contributed by atoms with Crippen LogP contribution in [0.2, 0.25) is 0 Å². The van der Waals surface area contributed by atoms with Crippen LogP contribution in [0.15, 0.2) is 36.5 Å². The second kappa shape index (κ2) is 6.66. The number of nitrogens with one attached hydrogen (secondary N) is 1. The molecule has 3 N–H and O–H groups in total. The molecule has 1 aromatic carbocycles. The SMILES string of the molecule is CC(C)(NC(=O)c1ncc(-c2cccc(C(F)(F)F)c2)cc1O)C(=O)O. The van der Waals surface area contributed by atoms with Gasteiger partial charge >= 0.3 is 12.1 Å². The van der Waals surface area contributed by atoms with Gasteiger partial charge in [0.15, 0.2) is 5.69 Å². The molecule has 0 atom stereocenters. The number of hydrogen-bond donors (Lipinski definition) is 3. The largest absolute Gasteiger partial charge is 0.505 e. The Balaban J connectivity index is 2.33. The van der Waals surface area contributed by atoms with Gasteiger partial charge in [0.1, 0.15) is 11.3 Å². The monoisotopic (exact) mass is 368 g/mol. The molecule has 0 spiro atoms. The molecule has 1 heterocycles. The summed E-state index contributed by atoms with van der Waals surface area (Å²) in [7, 11) is 0. The minimum atomic E-state index is -4.52. The molecular formula is C17H15F3N2O4. The Morgan fingerprint density at radius 2 is 1.77 bits per heavy atom. The quantitative estimate of drug-likeness (QED) is 0.770. The topological polar surface area (TPSA) is 99.5 Å². The van der Waals surface area contributed by atoms with Crippen LogP contribution in [0.3, 0.4) is 0 Å². The van der Waals surface area contributed by atoms with Crippen molar-refractivity contribution in [2.75, 3.05) is 0 Å². The first kappa shape index (κ1) is 19.2. The molecular weight excluding hydrogens is 353 g/mol. The van der Waals surface area contributed by atoms with E-state index in [2.05, 4.69) is 10.3 Å². The van der Waals surface area contributed by atoms with Crippen molar-refractivity contribution in [3.05, 3.63) is 47.8 Å². The summed E-state index contributed by atoms with van der Waals surface area (Å²) in [5, 5.41) is 21.2. The Morgan fingerprint density at radius 1 is 1.12 bits per heavy atom. The fraction of sp³-hybridized carbons (Fsp3) is 0.235. The molecule has 26 heavy (non-hydrogen) atoms. The standard InChI is InChI=1S/C17H15F3N2O4/c1-16(2,15(25)26)22-14(24)13-12(23)7-10(8-21-13)9-4-3-5-11(6-9)17(18,19)20/h3-8,23H,1-2H3,(H,22,24)(H,25,26). The molecule has 1 amide bonds.